The number of fused-ring (bicyclic) bond motifs is 1. The average Bonchev–Trinajstić information content (AvgIpc) is 2.38. The lowest BCUT2D eigenvalue weighted by Gasteiger charge is -2.26. The molecule has 1 unspecified atom stereocenters. The minimum Gasteiger partial charge on any atom is -0.310 e. The van der Waals surface area contributed by atoms with E-state index in [1.54, 1.807) is 0 Å². The largest absolute Gasteiger partial charge is 0.310 e. The molecule has 0 saturated carbocycles. The first kappa shape index (κ1) is 11.5. The van der Waals surface area contributed by atoms with E-state index in [9.17, 15) is 0 Å². The molecular formula is C17H19N. The number of rotatable bonds is 1. The molecule has 2 aromatic rings. The standard InChI is InChI=1S/C17H19N/c1-12-8-15-10-13(2)18-11-17(15)16(9-12)14-6-4-3-5-7-14/h3-9,13,18H,10-11H2,1-2H3. The van der Waals surface area contributed by atoms with Gasteiger partial charge in [0.05, 0.1) is 0 Å². The first-order chi connectivity index (χ1) is 8.74. The molecule has 1 N–H and O–H groups in total. The summed E-state index contributed by atoms with van der Waals surface area (Å²) in [6.07, 6.45) is 1.14. The molecule has 0 radical (unpaired) electrons. The lowest BCUT2D eigenvalue weighted by Crippen LogP contribution is -2.33. The Kier molecular flexibility index (Phi) is 2.92. The molecule has 1 aliphatic heterocycles. The average molecular weight is 237 g/mol. The van der Waals surface area contributed by atoms with Gasteiger partial charge in [0.25, 0.3) is 0 Å². The molecule has 0 aliphatic carbocycles. The molecule has 1 nitrogen and oxygen atoms in total. The van der Waals surface area contributed by atoms with Gasteiger partial charge >= 0.3 is 0 Å². The highest BCUT2D eigenvalue weighted by Gasteiger charge is 2.18. The summed E-state index contributed by atoms with van der Waals surface area (Å²) in [6.45, 7) is 5.44. The van der Waals surface area contributed by atoms with E-state index in [0.29, 0.717) is 6.04 Å². The summed E-state index contributed by atoms with van der Waals surface area (Å²) < 4.78 is 0. The topological polar surface area (TPSA) is 12.0 Å². The minimum atomic E-state index is 0.586. The van der Waals surface area contributed by atoms with Crippen molar-refractivity contribution >= 4 is 0 Å². The summed E-state index contributed by atoms with van der Waals surface area (Å²) in [7, 11) is 0. The van der Waals surface area contributed by atoms with Crippen LogP contribution in [0.4, 0.5) is 0 Å². The molecule has 3 rings (SSSR count). The van der Waals surface area contributed by atoms with E-state index in [4.69, 9.17) is 0 Å². The van der Waals surface area contributed by atoms with Crippen LogP contribution in [0.1, 0.15) is 23.6 Å². The fraction of sp³-hybridized carbons (Fsp3) is 0.294. The third-order valence-corrected chi connectivity index (χ3v) is 3.72. The summed E-state index contributed by atoms with van der Waals surface area (Å²) in [5.74, 6) is 0. The van der Waals surface area contributed by atoms with Crippen LogP contribution in [0.3, 0.4) is 0 Å². The maximum Gasteiger partial charge on any atom is 0.0217 e. The van der Waals surface area contributed by atoms with E-state index in [0.717, 1.165) is 13.0 Å². The zero-order valence-corrected chi connectivity index (χ0v) is 11.0. The molecule has 0 bridgehead atoms. The normalized spacial score (nSPS) is 18.4. The second kappa shape index (κ2) is 4.58. The van der Waals surface area contributed by atoms with Crippen LogP contribution in [0, 0.1) is 6.92 Å². The van der Waals surface area contributed by atoms with Crippen LogP contribution < -0.4 is 5.32 Å². The molecule has 1 heteroatoms. The van der Waals surface area contributed by atoms with Gasteiger partial charge in [-0.3, -0.25) is 0 Å². The van der Waals surface area contributed by atoms with E-state index in [1.165, 1.54) is 27.8 Å². The molecule has 2 aromatic carbocycles. The van der Waals surface area contributed by atoms with Gasteiger partial charge in [-0.1, -0.05) is 48.0 Å². The smallest absolute Gasteiger partial charge is 0.0217 e. The van der Waals surface area contributed by atoms with Crippen LogP contribution in [0.2, 0.25) is 0 Å². The molecule has 0 spiro atoms. The molecule has 1 aliphatic rings. The predicted octanol–water partition coefficient (Wildman–Crippen LogP) is 3.70. The van der Waals surface area contributed by atoms with E-state index in [-0.39, 0.29) is 0 Å². The van der Waals surface area contributed by atoms with Gasteiger partial charge in [-0.15, -0.1) is 0 Å². The summed E-state index contributed by atoms with van der Waals surface area (Å²) in [5.41, 5.74) is 7.07. The molecule has 0 fully saturated rings. The molecule has 0 aromatic heterocycles. The van der Waals surface area contributed by atoms with Crippen molar-refractivity contribution in [3.8, 4) is 11.1 Å². The fourth-order valence-corrected chi connectivity index (χ4v) is 2.84. The SMILES string of the molecule is Cc1cc2c(c(-c3ccccc3)c1)CNC(C)C2. The van der Waals surface area contributed by atoms with E-state index < -0.39 is 0 Å². The summed E-state index contributed by atoms with van der Waals surface area (Å²) in [6, 6.07) is 16.0. The first-order valence-corrected chi connectivity index (χ1v) is 6.65. The summed E-state index contributed by atoms with van der Waals surface area (Å²) in [4.78, 5) is 0. The van der Waals surface area contributed by atoms with Crippen molar-refractivity contribution in [3.63, 3.8) is 0 Å². The maximum absolute atomic E-state index is 3.57. The van der Waals surface area contributed by atoms with Crippen molar-refractivity contribution in [1.29, 1.82) is 0 Å². The van der Waals surface area contributed by atoms with Gasteiger partial charge in [-0.25, -0.2) is 0 Å². The van der Waals surface area contributed by atoms with Crippen LogP contribution in [-0.2, 0) is 13.0 Å². The molecule has 0 saturated heterocycles. The lowest BCUT2D eigenvalue weighted by atomic mass is 9.88. The lowest BCUT2D eigenvalue weighted by molar-refractivity contribution is 0.514. The molecule has 1 atom stereocenters. The van der Waals surface area contributed by atoms with Gasteiger partial charge in [0, 0.05) is 12.6 Å². The molecule has 0 amide bonds. The molecule has 18 heavy (non-hydrogen) atoms. The third kappa shape index (κ3) is 2.06. The number of hydrogen-bond donors (Lipinski definition) is 1. The Hall–Kier alpha value is -1.60. The van der Waals surface area contributed by atoms with Gasteiger partial charge in [-0.05, 0) is 42.5 Å². The van der Waals surface area contributed by atoms with E-state index in [2.05, 4.69) is 61.6 Å². The fourth-order valence-electron chi connectivity index (χ4n) is 2.84. The number of nitrogens with one attached hydrogen (secondary N) is 1. The Morgan fingerprint density at radius 3 is 2.67 bits per heavy atom. The second-order valence-electron chi connectivity index (χ2n) is 5.30. The zero-order chi connectivity index (χ0) is 12.5. The maximum atomic E-state index is 3.57. The van der Waals surface area contributed by atoms with Crippen LogP contribution in [0.5, 0.6) is 0 Å². The predicted molar refractivity (Wildman–Crippen MR) is 76.6 cm³/mol. The monoisotopic (exact) mass is 237 g/mol. The van der Waals surface area contributed by atoms with Crippen LogP contribution in [-0.4, -0.2) is 6.04 Å². The Bertz CT molecular complexity index is 557. The Balaban J connectivity index is 2.15. The highest BCUT2D eigenvalue weighted by molar-refractivity contribution is 5.70. The number of benzene rings is 2. The van der Waals surface area contributed by atoms with Crippen LogP contribution in [0.25, 0.3) is 11.1 Å². The highest BCUT2D eigenvalue weighted by atomic mass is 14.9. The first-order valence-electron chi connectivity index (χ1n) is 6.65. The number of hydrogen-bond acceptors (Lipinski definition) is 1. The Morgan fingerprint density at radius 1 is 1.11 bits per heavy atom. The van der Waals surface area contributed by atoms with Gasteiger partial charge in [-0.2, -0.15) is 0 Å². The second-order valence-corrected chi connectivity index (χ2v) is 5.30. The van der Waals surface area contributed by atoms with Crippen molar-refractivity contribution in [3.05, 3.63) is 59.2 Å². The third-order valence-electron chi connectivity index (χ3n) is 3.72. The van der Waals surface area contributed by atoms with Crippen molar-refractivity contribution in [2.45, 2.75) is 32.9 Å². The quantitative estimate of drug-likeness (QED) is 0.797. The summed E-state index contributed by atoms with van der Waals surface area (Å²) >= 11 is 0. The van der Waals surface area contributed by atoms with Gasteiger partial charge in [0.15, 0.2) is 0 Å². The van der Waals surface area contributed by atoms with Gasteiger partial charge in [0.2, 0.25) is 0 Å². The van der Waals surface area contributed by atoms with E-state index >= 15 is 0 Å². The van der Waals surface area contributed by atoms with E-state index in [1.807, 2.05) is 0 Å². The minimum absolute atomic E-state index is 0.586. The number of aryl methyl sites for hydroxylation is 1. The summed E-state index contributed by atoms with van der Waals surface area (Å²) in [5, 5.41) is 3.57. The van der Waals surface area contributed by atoms with Gasteiger partial charge < -0.3 is 5.32 Å². The highest BCUT2D eigenvalue weighted by Crippen LogP contribution is 2.30. The van der Waals surface area contributed by atoms with Crippen molar-refractivity contribution in [2.75, 3.05) is 0 Å². The molecule has 92 valence electrons. The van der Waals surface area contributed by atoms with Crippen molar-refractivity contribution < 1.29 is 0 Å². The zero-order valence-electron chi connectivity index (χ0n) is 11.0. The van der Waals surface area contributed by atoms with Crippen molar-refractivity contribution in [2.24, 2.45) is 0 Å². The van der Waals surface area contributed by atoms with Crippen molar-refractivity contribution in [1.82, 2.24) is 5.32 Å². The van der Waals surface area contributed by atoms with Gasteiger partial charge in [0.1, 0.15) is 0 Å². The Labute approximate surface area is 109 Å². The Morgan fingerprint density at radius 2 is 1.89 bits per heavy atom. The molecular weight excluding hydrogens is 218 g/mol. The van der Waals surface area contributed by atoms with Crippen LogP contribution >= 0.6 is 0 Å². The van der Waals surface area contributed by atoms with Crippen LogP contribution in [0.15, 0.2) is 42.5 Å². The molecule has 1 heterocycles.